The molecule has 0 fully saturated rings. The Bertz CT molecular complexity index is 654. The molecule has 0 aliphatic heterocycles. The summed E-state index contributed by atoms with van der Waals surface area (Å²) < 4.78 is 0. The number of carbonyl (C=O) groups excluding carboxylic acids is 1. The Morgan fingerprint density at radius 3 is 2.14 bits per heavy atom. The number of anilines is 1. The van der Waals surface area contributed by atoms with Gasteiger partial charge in [0.05, 0.1) is 0 Å². The number of aryl methyl sites for hydroxylation is 1. The van der Waals surface area contributed by atoms with Gasteiger partial charge in [0.1, 0.15) is 0 Å². The molecule has 0 bridgehead atoms. The van der Waals surface area contributed by atoms with Crippen molar-refractivity contribution in [2.75, 3.05) is 5.73 Å². The van der Waals surface area contributed by atoms with E-state index in [0.29, 0.717) is 11.3 Å². The molecule has 0 unspecified atom stereocenters. The third kappa shape index (κ3) is 3.15. The van der Waals surface area contributed by atoms with Gasteiger partial charge in [0.2, 0.25) is 0 Å². The third-order valence-electron chi connectivity index (χ3n) is 4.34. The molecule has 0 heterocycles. The Morgan fingerprint density at radius 2 is 1.62 bits per heavy atom. The Balaban J connectivity index is 2.30. The fourth-order valence-corrected chi connectivity index (χ4v) is 2.26. The number of benzene rings is 2. The van der Waals surface area contributed by atoms with Gasteiger partial charge in [0.25, 0.3) is 0 Å². The summed E-state index contributed by atoms with van der Waals surface area (Å²) in [6.07, 6.45) is 1.07. The molecule has 0 radical (unpaired) electrons. The summed E-state index contributed by atoms with van der Waals surface area (Å²) in [6, 6.07) is 13.4. The van der Waals surface area contributed by atoms with Gasteiger partial charge in [-0.3, -0.25) is 4.79 Å². The van der Waals surface area contributed by atoms with Gasteiger partial charge < -0.3 is 5.73 Å². The van der Waals surface area contributed by atoms with Crippen LogP contribution in [0, 0.1) is 6.92 Å². The average Bonchev–Trinajstić information content (AvgIpc) is 2.49. The van der Waals surface area contributed by atoms with Crippen LogP contribution in [0.25, 0.3) is 0 Å². The Morgan fingerprint density at radius 1 is 1.05 bits per heavy atom. The highest BCUT2D eigenvalue weighted by molar-refractivity contribution is 6.09. The van der Waals surface area contributed by atoms with E-state index < -0.39 is 0 Å². The number of nitrogens with two attached hydrogens (primary N) is 1. The Labute approximate surface area is 127 Å². The second kappa shape index (κ2) is 5.72. The van der Waals surface area contributed by atoms with Crippen molar-refractivity contribution in [1.82, 2.24) is 0 Å². The number of carbonyl (C=O) groups is 1. The lowest BCUT2D eigenvalue weighted by Crippen LogP contribution is -2.15. The summed E-state index contributed by atoms with van der Waals surface area (Å²) in [4.78, 5) is 12.5. The predicted molar refractivity (Wildman–Crippen MR) is 88.8 cm³/mol. The monoisotopic (exact) mass is 281 g/mol. The first-order chi connectivity index (χ1) is 9.85. The number of nitrogen functional groups attached to an aromatic ring is 1. The zero-order valence-electron chi connectivity index (χ0n) is 13.2. The molecule has 0 aromatic heterocycles. The first kappa shape index (κ1) is 15.3. The molecule has 21 heavy (non-hydrogen) atoms. The molecule has 2 heteroatoms. The molecular weight excluding hydrogens is 258 g/mol. The number of hydrogen-bond donors (Lipinski definition) is 1. The maximum atomic E-state index is 12.5. The van der Waals surface area contributed by atoms with Gasteiger partial charge in [0, 0.05) is 16.8 Å². The highest BCUT2D eigenvalue weighted by atomic mass is 16.1. The van der Waals surface area contributed by atoms with Crippen LogP contribution in [0.15, 0.2) is 42.5 Å². The van der Waals surface area contributed by atoms with Crippen LogP contribution in [0.5, 0.6) is 0 Å². The minimum absolute atomic E-state index is 0.0407. The van der Waals surface area contributed by atoms with E-state index in [1.54, 1.807) is 12.1 Å². The van der Waals surface area contributed by atoms with Crippen LogP contribution in [0.1, 0.15) is 54.2 Å². The molecule has 0 amide bonds. The fourth-order valence-electron chi connectivity index (χ4n) is 2.26. The van der Waals surface area contributed by atoms with Gasteiger partial charge in [-0.05, 0) is 48.1 Å². The van der Waals surface area contributed by atoms with Gasteiger partial charge >= 0.3 is 0 Å². The topological polar surface area (TPSA) is 43.1 Å². The average molecular weight is 281 g/mol. The van der Waals surface area contributed by atoms with E-state index in [2.05, 4.69) is 32.9 Å². The summed E-state index contributed by atoms with van der Waals surface area (Å²) in [7, 11) is 0. The van der Waals surface area contributed by atoms with E-state index >= 15 is 0 Å². The molecule has 0 saturated carbocycles. The minimum atomic E-state index is 0.0407. The van der Waals surface area contributed by atoms with Crippen LogP contribution in [0.4, 0.5) is 5.69 Å². The number of rotatable bonds is 4. The molecule has 2 nitrogen and oxygen atoms in total. The van der Waals surface area contributed by atoms with Gasteiger partial charge in [-0.15, -0.1) is 0 Å². The quantitative estimate of drug-likeness (QED) is 0.662. The molecule has 110 valence electrons. The lowest BCUT2D eigenvalue weighted by atomic mass is 9.82. The predicted octanol–water partition coefficient (Wildman–Crippen LogP) is 4.50. The highest BCUT2D eigenvalue weighted by Crippen LogP contribution is 2.27. The van der Waals surface area contributed by atoms with Crippen molar-refractivity contribution in [3.05, 3.63) is 64.7 Å². The molecule has 0 spiro atoms. The smallest absolute Gasteiger partial charge is 0.193 e. The summed E-state index contributed by atoms with van der Waals surface area (Å²) in [5, 5.41) is 0. The third-order valence-corrected chi connectivity index (χ3v) is 4.34. The van der Waals surface area contributed by atoms with E-state index in [-0.39, 0.29) is 11.2 Å². The van der Waals surface area contributed by atoms with Gasteiger partial charge in [-0.25, -0.2) is 0 Å². The molecule has 2 aromatic rings. The minimum Gasteiger partial charge on any atom is -0.399 e. The molecule has 0 saturated heterocycles. The van der Waals surface area contributed by atoms with Gasteiger partial charge in [-0.2, -0.15) is 0 Å². The molecule has 0 aliphatic carbocycles. The van der Waals surface area contributed by atoms with Crippen molar-refractivity contribution in [3.63, 3.8) is 0 Å². The van der Waals surface area contributed by atoms with Crippen molar-refractivity contribution < 1.29 is 4.79 Å². The van der Waals surface area contributed by atoms with Crippen molar-refractivity contribution in [1.29, 1.82) is 0 Å². The normalized spacial score (nSPS) is 11.4. The molecule has 2 aromatic carbocycles. The molecule has 2 rings (SSSR count). The molecule has 0 aliphatic rings. The summed E-state index contributed by atoms with van der Waals surface area (Å²) in [5.74, 6) is 0.0407. The maximum Gasteiger partial charge on any atom is 0.193 e. The Hall–Kier alpha value is -2.09. The van der Waals surface area contributed by atoms with Crippen molar-refractivity contribution in [2.45, 2.75) is 39.5 Å². The summed E-state index contributed by atoms with van der Waals surface area (Å²) >= 11 is 0. The maximum absolute atomic E-state index is 12.5. The van der Waals surface area contributed by atoms with E-state index in [9.17, 15) is 4.79 Å². The molecule has 0 atom stereocenters. The second-order valence-corrected chi connectivity index (χ2v) is 6.22. The first-order valence-corrected chi connectivity index (χ1v) is 7.36. The van der Waals surface area contributed by atoms with E-state index in [1.165, 1.54) is 5.56 Å². The van der Waals surface area contributed by atoms with E-state index in [1.807, 2.05) is 25.1 Å². The van der Waals surface area contributed by atoms with Crippen LogP contribution < -0.4 is 5.73 Å². The summed E-state index contributed by atoms with van der Waals surface area (Å²) in [6.45, 7) is 8.52. The highest BCUT2D eigenvalue weighted by Gasteiger charge is 2.18. The van der Waals surface area contributed by atoms with Crippen molar-refractivity contribution in [3.8, 4) is 0 Å². The first-order valence-electron chi connectivity index (χ1n) is 7.36. The van der Waals surface area contributed by atoms with Crippen LogP contribution in [0.2, 0.25) is 0 Å². The van der Waals surface area contributed by atoms with Gasteiger partial charge in [-0.1, -0.05) is 45.0 Å². The number of ketones is 1. The standard InChI is InChI=1S/C19H23NO/c1-5-19(3,4)16-9-6-14(7-10-16)18(21)15-8-11-17(20)13(2)12-15/h6-12H,5,20H2,1-4H3. The van der Waals surface area contributed by atoms with Crippen molar-refractivity contribution in [2.24, 2.45) is 0 Å². The fraction of sp³-hybridized carbons (Fsp3) is 0.316. The largest absolute Gasteiger partial charge is 0.399 e. The lowest BCUT2D eigenvalue weighted by Gasteiger charge is -2.23. The zero-order valence-corrected chi connectivity index (χ0v) is 13.2. The number of hydrogen-bond acceptors (Lipinski definition) is 2. The zero-order chi connectivity index (χ0) is 15.6. The van der Waals surface area contributed by atoms with Crippen LogP contribution in [-0.2, 0) is 5.41 Å². The van der Waals surface area contributed by atoms with Gasteiger partial charge in [0.15, 0.2) is 5.78 Å². The van der Waals surface area contributed by atoms with E-state index in [0.717, 1.165) is 17.5 Å². The van der Waals surface area contributed by atoms with Crippen LogP contribution >= 0.6 is 0 Å². The molecule has 2 N–H and O–H groups in total. The Kier molecular flexibility index (Phi) is 4.17. The van der Waals surface area contributed by atoms with E-state index in [4.69, 9.17) is 5.73 Å². The van der Waals surface area contributed by atoms with Crippen molar-refractivity contribution >= 4 is 11.5 Å². The molecular formula is C19H23NO. The lowest BCUT2D eigenvalue weighted by molar-refractivity contribution is 0.103. The van der Waals surface area contributed by atoms with Crippen LogP contribution in [-0.4, -0.2) is 5.78 Å². The van der Waals surface area contributed by atoms with Crippen LogP contribution in [0.3, 0.4) is 0 Å². The summed E-state index contributed by atoms with van der Waals surface area (Å²) in [5.41, 5.74) is 10.2. The second-order valence-electron chi connectivity index (χ2n) is 6.22. The SMILES string of the molecule is CCC(C)(C)c1ccc(C(=O)c2ccc(N)c(C)c2)cc1.